The molecule has 1 unspecified atom stereocenters. The van der Waals surface area contributed by atoms with Crippen LogP contribution in [0.3, 0.4) is 0 Å². The number of hydrogen-bond donors (Lipinski definition) is 1. The number of nitrogens with zero attached hydrogens (tertiary/aromatic N) is 1. The highest BCUT2D eigenvalue weighted by Crippen LogP contribution is 2.45. The van der Waals surface area contributed by atoms with Gasteiger partial charge >= 0.3 is 0 Å². The van der Waals surface area contributed by atoms with Gasteiger partial charge in [0.25, 0.3) is 0 Å². The van der Waals surface area contributed by atoms with E-state index in [1.807, 2.05) is 30.3 Å². The van der Waals surface area contributed by atoms with E-state index >= 15 is 0 Å². The maximum Gasteiger partial charge on any atom is 0.205 e. The van der Waals surface area contributed by atoms with E-state index in [-0.39, 0.29) is 11.8 Å². The lowest BCUT2D eigenvalue weighted by atomic mass is 9.86. The van der Waals surface area contributed by atoms with Crippen LogP contribution in [0.4, 0.5) is 0 Å². The molecule has 2 N–H and O–H groups in total. The van der Waals surface area contributed by atoms with Gasteiger partial charge in [-0.05, 0) is 35.9 Å². The molecule has 0 bridgehead atoms. The van der Waals surface area contributed by atoms with Gasteiger partial charge in [0.2, 0.25) is 5.88 Å². The average Bonchev–Trinajstić information content (AvgIpc) is 3.28. The van der Waals surface area contributed by atoms with Crippen molar-refractivity contribution in [3.05, 3.63) is 76.7 Å². The monoisotopic (exact) mass is 338 g/mol. The van der Waals surface area contributed by atoms with Gasteiger partial charge in [-0.3, -0.25) is 0 Å². The van der Waals surface area contributed by atoms with Crippen LogP contribution < -0.4 is 5.73 Å². The first-order valence-electron chi connectivity index (χ1n) is 7.44. The summed E-state index contributed by atoms with van der Waals surface area (Å²) in [7, 11) is 0. The van der Waals surface area contributed by atoms with Crippen molar-refractivity contribution in [3.63, 3.8) is 0 Å². The molecule has 2 aromatic rings. The van der Waals surface area contributed by atoms with Crippen molar-refractivity contribution in [3.8, 4) is 6.07 Å². The van der Waals surface area contributed by atoms with Crippen LogP contribution in [0.2, 0.25) is 0 Å². The Kier molecular flexibility index (Phi) is 3.71. The van der Waals surface area contributed by atoms with Gasteiger partial charge in [-0.1, -0.05) is 0 Å². The van der Waals surface area contributed by atoms with E-state index in [1.165, 1.54) is 0 Å². The largest absolute Gasteiger partial charge is 0.468 e. The van der Waals surface area contributed by atoms with Crippen LogP contribution >= 0.6 is 11.8 Å². The highest BCUT2D eigenvalue weighted by Gasteiger charge is 2.37. The lowest BCUT2D eigenvalue weighted by molar-refractivity contribution is 0.284. The highest BCUT2D eigenvalue weighted by molar-refractivity contribution is 7.99. The number of hydrogen-bond acceptors (Lipinski definition) is 6. The molecule has 4 heterocycles. The minimum Gasteiger partial charge on any atom is -0.468 e. The Morgan fingerprint density at radius 2 is 2.04 bits per heavy atom. The Labute approximate surface area is 143 Å². The topological polar surface area (TPSA) is 85.3 Å². The molecule has 0 aromatic carbocycles. The first kappa shape index (κ1) is 14.8. The molecule has 0 fully saturated rings. The molecule has 2 aliphatic heterocycles. The average molecular weight is 338 g/mol. The number of furan rings is 2. The lowest BCUT2D eigenvalue weighted by Crippen LogP contribution is -2.25. The predicted octanol–water partition coefficient (Wildman–Crippen LogP) is 3.76. The molecule has 24 heavy (non-hydrogen) atoms. The number of allylic oxidation sites excluding steroid dienone is 2. The van der Waals surface area contributed by atoms with Crippen molar-refractivity contribution < 1.29 is 13.6 Å². The Hall–Kier alpha value is -2.78. The first-order chi connectivity index (χ1) is 11.8. The van der Waals surface area contributed by atoms with Gasteiger partial charge in [0.05, 0.1) is 18.4 Å². The summed E-state index contributed by atoms with van der Waals surface area (Å²) in [6.45, 7) is 0. The second-order valence-corrected chi connectivity index (χ2v) is 6.46. The Bertz CT molecular complexity index is 883. The molecule has 2 aromatic heterocycles. The number of rotatable bonds is 2. The third-order valence-corrected chi connectivity index (χ3v) is 5.05. The zero-order valence-corrected chi connectivity index (χ0v) is 13.5. The normalized spacial score (nSPS) is 22.3. The van der Waals surface area contributed by atoms with E-state index in [0.717, 1.165) is 34.2 Å². The van der Waals surface area contributed by atoms with Gasteiger partial charge < -0.3 is 19.3 Å². The third-order valence-electron chi connectivity index (χ3n) is 4.02. The highest BCUT2D eigenvalue weighted by atomic mass is 32.2. The minimum absolute atomic E-state index is 0.134. The molecule has 6 heteroatoms. The summed E-state index contributed by atoms with van der Waals surface area (Å²) in [5.74, 6) is 3.56. The van der Waals surface area contributed by atoms with Gasteiger partial charge in [-0.2, -0.15) is 17.0 Å². The molecule has 2 aliphatic rings. The fraction of sp³-hybridized carbons (Fsp3) is 0.167. The van der Waals surface area contributed by atoms with Gasteiger partial charge in [0.1, 0.15) is 28.9 Å². The molecule has 1 atom stereocenters. The number of nitriles is 1. The van der Waals surface area contributed by atoms with Gasteiger partial charge in [-0.25, -0.2) is 0 Å². The van der Waals surface area contributed by atoms with Crippen LogP contribution in [0.1, 0.15) is 17.4 Å². The van der Waals surface area contributed by atoms with Crippen molar-refractivity contribution in [1.82, 2.24) is 0 Å². The molecule has 0 amide bonds. The smallest absolute Gasteiger partial charge is 0.205 e. The molecule has 0 aliphatic carbocycles. The number of nitrogens with two attached hydrogens (primary N) is 1. The second kappa shape index (κ2) is 6.02. The molecule has 0 saturated heterocycles. The van der Waals surface area contributed by atoms with Crippen LogP contribution in [0.15, 0.2) is 74.0 Å². The van der Waals surface area contributed by atoms with Gasteiger partial charge in [0.15, 0.2) is 0 Å². The van der Waals surface area contributed by atoms with E-state index < -0.39 is 0 Å². The molecular formula is C18H14N2O3S. The standard InChI is InChI=1S/C18H14N2O3S/c19-8-13-16(15-4-2-6-22-15)14-10-24-9-11(17(14)23-18(13)20)7-12-3-1-5-21-12/h1-7,16H,9-10,20H2/b11-7+. The molecule has 0 saturated carbocycles. The maximum absolute atomic E-state index is 9.53. The van der Waals surface area contributed by atoms with Crippen molar-refractivity contribution in [2.24, 2.45) is 5.73 Å². The van der Waals surface area contributed by atoms with Gasteiger partial charge in [-0.15, -0.1) is 0 Å². The van der Waals surface area contributed by atoms with Crippen molar-refractivity contribution in [2.45, 2.75) is 5.92 Å². The molecule has 4 rings (SSSR count). The lowest BCUT2D eigenvalue weighted by Gasteiger charge is -2.31. The Morgan fingerprint density at radius 1 is 1.21 bits per heavy atom. The Balaban J connectivity index is 1.84. The van der Waals surface area contributed by atoms with Crippen LogP contribution in [0.5, 0.6) is 0 Å². The quantitative estimate of drug-likeness (QED) is 0.897. The maximum atomic E-state index is 9.53. The van der Waals surface area contributed by atoms with Crippen LogP contribution in [0.25, 0.3) is 6.08 Å². The van der Waals surface area contributed by atoms with Crippen LogP contribution in [-0.4, -0.2) is 11.5 Å². The molecular weight excluding hydrogens is 324 g/mol. The van der Waals surface area contributed by atoms with Gasteiger partial charge in [0, 0.05) is 17.1 Å². The van der Waals surface area contributed by atoms with E-state index in [4.69, 9.17) is 19.3 Å². The van der Waals surface area contributed by atoms with Crippen LogP contribution in [0, 0.1) is 11.3 Å². The molecule has 5 nitrogen and oxygen atoms in total. The zero-order valence-electron chi connectivity index (χ0n) is 12.7. The second-order valence-electron chi connectivity index (χ2n) is 5.47. The van der Waals surface area contributed by atoms with Crippen LogP contribution in [-0.2, 0) is 4.74 Å². The summed E-state index contributed by atoms with van der Waals surface area (Å²) < 4.78 is 16.8. The van der Waals surface area contributed by atoms with E-state index in [2.05, 4.69) is 6.07 Å². The summed E-state index contributed by atoms with van der Waals surface area (Å²) in [5, 5.41) is 9.53. The Morgan fingerprint density at radius 3 is 2.75 bits per heavy atom. The third kappa shape index (κ3) is 2.43. The van der Waals surface area contributed by atoms with Crippen molar-refractivity contribution in [1.29, 1.82) is 5.26 Å². The summed E-state index contributed by atoms with van der Waals surface area (Å²) >= 11 is 1.76. The van der Waals surface area contributed by atoms with Crippen molar-refractivity contribution in [2.75, 3.05) is 11.5 Å². The molecule has 0 spiro atoms. The van der Waals surface area contributed by atoms with E-state index in [9.17, 15) is 5.26 Å². The number of thioether (sulfide) groups is 1. The SMILES string of the molecule is N#CC1=C(N)OC2=C(CSC/C2=C\c2ccco2)C1c1ccco1. The first-order valence-corrected chi connectivity index (χ1v) is 8.59. The summed E-state index contributed by atoms with van der Waals surface area (Å²) in [6.07, 6.45) is 5.18. The summed E-state index contributed by atoms with van der Waals surface area (Å²) in [4.78, 5) is 0. The van der Waals surface area contributed by atoms with E-state index in [1.54, 1.807) is 24.3 Å². The summed E-state index contributed by atoms with van der Waals surface area (Å²) in [5.41, 5.74) is 8.42. The van der Waals surface area contributed by atoms with Crippen molar-refractivity contribution >= 4 is 17.8 Å². The zero-order chi connectivity index (χ0) is 16.5. The predicted molar refractivity (Wildman–Crippen MR) is 90.4 cm³/mol. The molecule has 120 valence electrons. The fourth-order valence-corrected chi connectivity index (χ4v) is 4.03. The minimum atomic E-state index is -0.304. The fourth-order valence-electron chi connectivity index (χ4n) is 2.98. The number of ether oxygens (including phenoxy) is 1. The van der Waals surface area contributed by atoms with E-state index in [0.29, 0.717) is 11.3 Å². The summed E-state index contributed by atoms with van der Waals surface area (Å²) in [6, 6.07) is 9.58. The molecule has 0 radical (unpaired) electrons.